The molecular weight excluding hydrogens is 195 g/mol. The van der Waals surface area contributed by atoms with Crippen LogP contribution in [0.5, 0.6) is 5.75 Å². The standard InChI is InChI=1S/C11H15FN2O/c1-15-11-3-2-8(12)6-10(11)14-5-4-9(13)7-14/h2-3,6,9H,4-5,7,13H2,1H3. The third-order valence-corrected chi connectivity index (χ3v) is 2.71. The number of ether oxygens (including phenoxy) is 1. The summed E-state index contributed by atoms with van der Waals surface area (Å²) in [7, 11) is 1.59. The van der Waals surface area contributed by atoms with Gasteiger partial charge in [-0.25, -0.2) is 4.39 Å². The molecule has 1 fully saturated rings. The Morgan fingerprint density at radius 2 is 2.33 bits per heavy atom. The average molecular weight is 210 g/mol. The molecule has 0 spiro atoms. The minimum atomic E-state index is -0.244. The summed E-state index contributed by atoms with van der Waals surface area (Å²) in [5.41, 5.74) is 6.61. The summed E-state index contributed by atoms with van der Waals surface area (Å²) in [6.07, 6.45) is 0.944. The van der Waals surface area contributed by atoms with Crippen molar-refractivity contribution in [1.82, 2.24) is 0 Å². The van der Waals surface area contributed by atoms with Gasteiger partial charge in [-0.2, -0.15) is 0 Å². The van der Waals surface area contributed by atoms with E-state index in [0.29, 0.717) is 5.75 Å². The fraction of sp³-hybridized carbons (Fsp3) is 0.455. The highest BCUT2D eigenvalue weighted by Gasteiger charge is 2.22. The van der Waals surface area contributed by atoms with E-state index < -0.39 is 0 Å². The molecule has 0 aliphatic carbocycles. The van der Waals surface area contributed by atoms with Crippen molar-refractivity contribution in [3.63, 3.8) is 0 Å². The zero-order chi connectivity index (χ0) is 10.8. The summed E-state index contributed by atoms with van der Waals surface area (Å²) in [5.74, 6) is 0.455. The zero-order valence-electron chi connectivity index (χ0n) is 8.74. The first-order valence-electron chi connectivity index (χ1n) is 5.05. The maximum Gasteiger partial charge on any atom is 0.142 e. The molecule has 1 aliphatic rings. The van der Waals surface area contributed by atoms with Gasteiger partial charge in [-0.1, -0.05) is 0 Å². The second-order valence-corrected chi connectivity index (χ2v) is 3.81. The molecule has 3 nitrogen and oxygen atoms in total. The van der Waals surface area contributed by atoms with Gasteiger partial charge in [-0.15, -0.1) is 0 Å². The highest BCUT2D eigenvalue weighted by atomic mass is 19.1. The van der Waals surface area contributed by atoms with E-state index in [2.05, 4.69) is 4.90 Å². The van der Waals surface area contributed by atoms with Crippen LogP contribution in [-0.2, 0) is 0 Å². The van der Waals surface area contributed by atoms with Crippen LogP contribution in [-0.4, -0.2) is 26.2 Å². The molecule has 2 rings (SSSR count). The Hall–Kier alpha value is -1.29. The molecule has 1 saturated heterocycles. The summed E-state index contributed by atoms with van der Waals surface area (Å²) >= 11 is 0. The maximum atomic E-state index is 13.1. The van der Waals surface area contributed by atoms with Crippen LogP contribution in [0.2, 0.25) is 0 Å². The largest absolute Gasteiger partial charge is 0.495 e. The molecule has 82 valence electrons. The van der Waals surface area contributed by atoms with Gasteiger partial charge in [0, 0.05) is 25.2 Å². The van der Waals surface area contributed by atoms with Gasteiger partial charge in [0.1, 0.15) is 11.6 Å². The molecule has 1 heterocycles. The molecule has 2 N–H and O–H groups in total. The number of hydrogen-bond acceptors (Lipinski definition) is 3. The first-order chi connectivity index (χ1) is 7.20. The Labute approximate surface area is 88.6 Å². The van der Waals surface area contributed by atoms with Crippen molar-refractivity contribution in [3.05, 3.63) is 24.0 Å². The van der Waals surface area contributed by atoms with Crippen LogP contribution in [0.25, 0.3) is 0 Å². The summed E-state index contributed by atoms with van der Waals surface area (Å²) in [6.45, 7) is 1.63. The topological polar surface area (TPSA) is 38.5 Å². The van der Waals surface area contributed by atoms with Gasteiger partial charge in [0.2, 0.25) is 0 Å². The van der Waals surface area contributed by atoms with Crippen LogP contribution in [0.4, 0.5) is 10.1 Å². The van der Waals surface area contributed by atoms with Crippen LogP contribution >= 0.6 is 0 Å². The molecular formula is C11H15FN2O. The molecule has 0 bridgehead atoms. The smallest absolute Gasteiger partial charge is 0.142 e. The van der Waals surface area contributed by atoms with Gasteiger partial charge >= 0.3 is 0 Å². The minimum absolute atomic E-state index is 0.179. The van der Waals surface area contributed by atoms with Crippen molar-refractivity contribution < 1.29 is 9.13 Å². The Balaban J connectivity index is 2.29. The summed E-state index contributed by atoms with van der Waals surface area (Å²) in [5, 5.41) is 0. The Morgan fingerprint density at radius 1 is 1.53 bits per heavy atom. The lowest BCUT2D eigenvalue weighted by Gasteiger charge is -2.20. The molecule has 15 heavy (non-hydrogen) atoms. The Bertz CT molecular complexity index is 356. The molecule has 4 heteroatoms. The number of nitrogens with zero attached hydrogens (tertiary/aromatic N) is 1. The lowest BCUT2D eigenvalue weighted by atomic mass is 10.2. The van der Waals surface area contributed by atoms with Crippen molar-refractivity contribution in [1.29, 1.82) is 0 Å². The second kappa shape index (κ2) is 4.06. The van der Waals surface area contributed by atoms with Crippen LogP contribution in [0, 0.1) is 5.82 Å². The molecule has 1 aromatic carbocycles. The lowest BCUT2D eigenvalue weighted by Crippen LogP contribution is -2.26. The summed E-state index contributed by atoms with van der Waals surface area (Å²) < 4.78 is 18.3. The van der Waals surface area contributed by atoms with E-state index in [9.17, 15) is 4.39 Å². The van der Waals surface area contributed by atoms with Crippen molar-refractivity contribution >= 4 is 5.69 Å². The van der Waals surface area contributed by atoms with Gasteiger partial charge < -0.3 is 15.4 Å². The first-order valence-corrected chi connectivity index (χ1v) is 5.05. The minimum Gasteiger partial charge on any atom is -0.495 e. The molecule has 0 radical (unpaired) electrons. The molecule has 1 aliphatic heterocycles. The molecule has 0 aromatic heterocycles. The van der Waals surface area contributed by atoms with Crippen molar-refractivity contribution in [2.24, 2.45) is 5.73 Å². The number of methoxy groups -OCH3 is 1. The zero-order valence-corrected chi connectivity index (χ0v) is 8.74. The highest BCUT2D eigenvalue weighted by Crippen LogP contribution is 2.31. The van der Waals surface area contributed by atoms with E-state index in [1.807, 2.05) is 0 Å². The average Bonchev–Trinajstić information content (AvgIpc) is 2.65. The fourth-order valence-corrected chi connectivity index (χ4v) is 1.92. The normalized spacial score (nSPS) is 20.7. The van der Waals surface area contributed by atoms with E-state index in [1.165, 1.54) is 12.1 Å². The lowest BCUT2D eigenvalue weighted by molar-refractivity contribution is 0.413. The number of hydrogen-bond donors (Lipinski definition) is 1. The van der Waals surface area contributed by atoms with Crippen LogP contribution in [0.3, 0.4) is 0 Å². The van der Waals surface area contributed by atoms with Crippen LogP contribution in [0.1, 0.15) is 6.42 Å². The van der Waals surface area contributed by atoms with Gasteiger partial charge in [0.15, 0.2) is 0 Å². The van der Waals surface area contributed by atoms with Gasteiger partial charge in [-0.3, -0.25) is 0 Å². The predicted molar refractivity (Wildman–Crippen MR) is 57.8 cm³/mol. The van der Waals surface area contributed by atoms with E-state index >= 15 is 0 Å². The Morgan fingerprint density at radius 3 is 2.93 bits per heavy atom. The highest BCUT2D eigenvalue weighted by molar-refractivity contribution is 5.59. The van der Waals surface area contributed by atoms with Gasteiger partial charge in [0.05, 0.1) is 12.8 Å². The van der Waals surface area contributed by atoms with Crippen molar-refractivity contribution in [2.75, 3.05) is 25.1 Å². The number of halogens is 1. The van der Waals surface area contributed by atoms with Gasteiger partial charge in [0.25, 0.3) is 0 Å². The number of nitrogens with two attached hydrogens (primary N) is 1. The monoisotopic (exact) mass is 210 g/mol. The van der Waals surface area contributed by atoms with E-state index in [0.717, 1.165) is 25.2 Å². The third kappa shape index (κ3) is 2.04. The van der Waals surface area contributed by atoms with Crippen molar-refractivity contribution in [3.8, 4) is 5.75 Å². The van der Waals surface area contributed by atoms with Crippen LogP contribution < -0.4 is 15.4 Å². The maximum absolute atomic E-state index is 13.1. The Kier molecular flexibility index (Phi) is 2.77. The molecule has 0 saturated carbocycles. The molecule has 1 aromatic rings. The van der Waals surface area contributed by atoms with Crippen LogP contribution in [0.15, 0.2) is 18.2 Å². The molecule has 1 atom stereocenters. The summed E-state index contributed by atoms with van der Waals surface area (Å²) in [6, 6.07) is 4.72. The quantitative estimate of drug-likeness (QED) is 0.801. The first kappa shape index (κ1) is 10.2. The fourth-order valence-electron chi connectivity index (χ4n) is 1.92. The summed E-state index contributed by atoms with van der Waals surface area (Å²) in [4.78, 5) is 2.06. The van der Waals surface area contributed by atoms with E-state index in [-0.39, 0.29) is 11.9 Å². The molecule has 1 unspecified atom stereocenters. The predicted octanol–water partition coefficient (Wildman–Crippen LogP) is 1.37. The number of rotatable bonds is 2. The van der Waals surface area contributed by atoms with E-state index in [4.69, 9.17) is 10.5 Å². The SMILES string of the molecule is COc1ccc(F)cc1N1CCC(N)C1. The molecule has 0 amide bonds. The number of benzene rings is 1. The van der Waals surface area contributed by atoms with Crippen molar-refractivity contribution in [2.45, 2.75) is 12.5 Å². The third-order valence-electron chi connectivity index (χ3n) is 2.71. The van der Waals surface area contributed by atoms with E-state index in [1.54, 1.807) is 13.2 Å². The number of anilines is 1. The van der Waals surface area contributed by atoms with Gasteiger partial charge in [-0.05, 0) is 18.6 Å². The second-order valence-electron chi connectivity index (χ2n) is 3.81.